The first-order chi connectivity index (χ1) is 14.5. The van der Waals surface area contributed by atoms with Crippen LogP contribution < -0.4 is 15.0 Å². The molecule has 2 aliphatic rings. The minimum absolute atomic E-state index is 0.111. The Bertz CT molecular complexity index is 962. The molecule has 2 aromatic rings. The third kappa shape index (κ3) is 3.89. The molecule has 9 heteroatoms. The van der Waals surface area contributed by atoms with E-state index in [0.717, 1.165) is 12.0 Å². The molecule has 2 saturated heterocycles. The molecule has 2 aliphatic heterocycles. The van der Waals surface area contributed by atoms with Crippen LogP contribution in [0.4, 0.5) is 10.8 Å². The molecule has 0 spiro atoms. The molecule has 2 fully saturated rings. The van der Waals surface area contributed by atoms with Crippen molar-refractivity contribution in [3.05, 3.63) is 35.3 Å². The number of carbonyl (C=O) groups excluding carboxylic acids is 3. The Morgan fingerprint density at radius 3 is 2.90 bits per heavy atom. The summed E-state index contributed by atoms with van der Waals surface area (Å²) >= 11 is 1.34. The lowest BCUT2D eigenvalue weighted by Crippen LogP contribution is -2.46. The van der Waals surface area contributed by atoms with E-state index < -0.39 is 12.0 Å². The summed E-state index contributed by atoms with van der Waals surface area (Å²) in [6.45, 7) is 2.75. The minimum Gasteiger partial charge on any atom is -0.495 e. The van der Waals surface area contributed by atoms with Gasteiger partial charge in [-0.05, 0) is 37.5 Å². The van der Waals surface area contributed by atoms with Crippen molar-refractivity contribution in [3.63, 3.8) is 0 Å². The van der Waals surface area contributed by atoms with Crippen LogP contribution >= 0.6 is 11.3 Å². The first kappa shape index (κ1) is 20.3. The molecule has 2 unspecified atom stereocenters. The standard InChI is InChI=1S/C21H24N4O4S/c1-13-5-6-17(29-2)16(10-13)25-12-14(11-18(25)26)20(28)24-8-3-4-15(24)19(27)23-21-22-7-9-30-21/h5-7,9-10,14-15H,3-4,8,11-12H2,1-2H3,(H,22,23,27). The maximum atomic E-state index is 13.2. The monoisotopic (exact) mass is 428 g/mol. The Morgan fingerprint density at radius 2 is 2.17 bits per heavy atom. The summed E-state index contributed by atoms with van der Waals surface area (Å²) in [5.74, 6) is -0.355. The molecule has 158 valence electrons. The molecule has 0 saturated carbocycles. The van der Waals surface area contributed by atoms with Crippen LogP contribution in [-0.2, 0) is 14.4 Å². The van der Waals surface area contributed by atoms with Gasteiger partial charge in [-0.25, -0.2) is 4.98 Å². The topological polar surface area (TPSA) is 91.8 Å². The fraction of sp³-hybridized carbons (Fsp3) is 0.429. The maximum absolute atomic E-state index is 13.2. The summed E-state index contributed by atoms with van der Waals surface area (Å²) in [7, 11) is 1.56. The number of aryl methyl sites for hydroxylation is 1. The summed E-state index contributed by atoms with van der Waals surface area (Å²) in [6, 6.07) is 5.11. The van der Waals surface area contributed by atoms with E-state index in [1.807, 2.05) is 25.1 Å². The van der Waals surface area contributed by atoms with Gasteiger partial charge < -0.3 is 19.9 Å². The van der Waals surface area contributed by atoms with Crippen molar-refractivity contribution in [2.75, 3.05) is 30.4 Å². The fourth-order valence-corrected chi connectivity index (χ4v) is 4.66. The smallest absolute Gasteiger partial charge is 0.248 e. The van der Waals surface area contributed by atoms with Crippen molar-refractivity contribution < 1.29 is 19.1 Å². The average molecular weight is 429 g/mol. The van der Waals surface area contributed by atoms with E-state index in [-0.39, 0.29) is 30.7 Å². The number of hydrogen-bond acceptors (Lipinski definition) is 6. The van der Waals surface area contributed by atoms with Crippen molar-refractivity contribution in [3.8, 4) is 5.75 Å². The highest BCUT2D eigenvalue weighted by Gasteiger charge is 2.42. The van der Waals surface area contributed by atoms with E-state index in [1.165, 1.54) is 11.3 Å². The third-order valence-corrected chi connectivity index (χ3v) is 6.29. The van der Waals surface area contributed by atoms with E-state index in [4.69, 9.17) is 4.74 Å². The number of carbonyl (C=O) groups is 3. The van der Waals surface area contributed by atoms with Gasteiger partial charge in [-0.3, -0.25) is 14.4 Å². The number of benzene rings is 1. The van der Waals surface area contributed by atoms with Gasteiger partial charge in [0.2, 0.25) is 17.7 Å². The molecule has 0 radical (unpaired) electrons. The van der Waals surface area contributed by atoms with E-state index in [1.54, 1.807) is 28.5 Å². The molecule has 3 amide bonds. The van der Waals surface area contributed by atoms with Crippen LogP contribution in [0.2, 0.25) is 0 Å². The zero-order valence-electron chi connectivity index (χ0n) is 17.0. The van der Waals surface area contributed by atoms with E-state index >= 15 is 0 Å². The van der Waals surface area contributed by atoms with Crippen LogP contribution in [0.25, 0.3) is 0 Å². The first-order valence-corrected chi connectivity index (χ1v) is 10.8. The minimum atomic E-state index is -0.529. The van der Waals surface area contributed by atoms with Crippen LogP contribution in [0.5, 0.6) is 5.75 Å². The van der Waals surface area contributed by atoms with Gasteiger partial charge in [0.1, 0.15) is 11.8 Å². The predicted octanol–water partition coefficient (Wildman–Crippen LogP) is 2.44. The first-order valence-electron chi connectivity index (χ1n) is 9.93. The molecule has 8 nitrogen and oxygen atoms in total. The third-order valence-electron chi connectivity index (χ3n) is 5.60. The Morgan fingerprint density at radius 1 is 1.33 bits per heavy atom. The van der Waals surface area contributed by atoms with Crippen LogP contribution in [0.15, 0.2) is 29.8 Å². The van der Waals surface area contributed by atoms with Crippen molar-refractivity contribution >= 4 is 39.9 Å². The molecule has 1 aromatic carbocycles. The van der Waals surface area contributed by atoms with Gasteiger partial charge in [-0.2, -0.15) is 0 Å². The Hall–Kier alpha value is -2.94. The molecule has 3 heterocycles. The molecule has 0 bridgehead atoms. The maximum Gasteiger partial charge on any atom is 0.248 e. The Kier molecular flexibility index (Phi) is 5.72. The number of amides is 3. The second-order valence-electron chi connectivity index (χ2n) is 7.60. The quantitative estimate of drug-likeness (QED) is 0.790. The van der Waals surface area contributed by atoms with E-state index in [9.17, 15) is 14.4 Å². The Balaban J connectivity index is 1.48. The predicted molar refractivity (Wildman–Crippen MR) is 114 cm³/mol. The summed E-state index contributed by atoms with van der Waals surface area (Å²) in [6.07, 6.45) is 3.13. The van der Waals surface area contributed by atoms with Crippen LogP contribution in [-0.4, -0.2) is 53.8 Å². The molecule has 1 aromatic heterocycles. The lowest BCUT2D eigenvalue weighted by molar-refractivity contribution is -0.140. The molecule has 2 atom stereocenters. The van der Waals surface area contributed by atoms with Crippen molar-refractivity contribution in [1.82, 2.24) is 9.88 Å². The number of aromatic nitrogens is 1. The normalized spacial score (nSPS) is 21.2. The summed E-state index contributed by atoms with van der Waals surface area (Å²) in [5.41, 5.74) is 1.68. The zero-order chi connectivity index (χ0) is 21.3. The fourth-order valence-electron chi connectivity index (χ4n) is 4.13. The Labute approximate surface area is 178 Å². The van der Waals surface area contributed by atoms with Crippen molar-refractivity contribution in [1.29, 1.82) is 0 Å². The molecular formula is C21H24N4O4S. The lowest BCUT2D eigenvalue weighted by Gasteiger charge is -2.26. The SMILES string of the molecule is COc1ccc(C)cc1N1CC(C(=O)N2CCCC2C(=O)Nc2nccs2)CC1=O. The highest BCUT2D eigenvalue weighted by atomic mass is 32.1. The number of nitrogens with zero attached hydrogens (tertiary/aromatic N) is 3. The number of likely N-dealkylation sites (tertiary alicyclic amines) is 1. The summed E-state index contributed by atoms with van der Waals surface area (Å²) in [4.78, 5) is 46.0. The number of methoxy groups -OCH3 is 1. The van der Waals surface area contributed by atoms with Crippen LogP contribution in [0, 0.1) is 12.8 Å². The molecule has 4 rings (SSSR count). The highest BCUT2D eigenvalue weighted by molar-refractivity contribution is 7.13. The van der Waals surface area contributed by atoms with Gasteiger partial charge in [0.25, 0.3) is 0 Å². The lowest BCUT2D eigenvalue weighted by atomic mass is 10.1. The van der Waals surface area contributed by atoms with E-state index in [0.29, 0.717) is 29.5 Å². The summed E-state index contributed by atoms with van der Waals surface area (Å²) < 4.78 is 5.41. The van der Waals surface area contributed by atoms with Gasteiger partial charge in [0.15, 0.2) is 5.13 Å². The highest BCUT2D eigenvalue weighted by Crippen LogP contribution is 2.35. The van der Waals surface area contributed by atoms with Crippen molar-refractivity contribution in [2.45, 2.75) is 32.2 Å². The number of ether oxygens (including phenoxy) is 1. The van der Waals surface area contributed by atoms with Gasteiger partial charge in [0.05, 0.1) is 18.7 Å². The van der Waals surface area contributed by atoms with Crippen LogP contribution in [0.3, 0.4) is 0 Å². The molecule has 1 N–H and O–H groups in total. The largest absolute Gasteiger partial charge is 0.495 e. The molecule has 30 heavy (non-hydrogen) atoms. The second kappa shape index (κ2) is 8.43. The van der Waals surface area contributed by atoms with Crippen molar-refractivity contribution in [2.24, 2.45) is 5.92 Å². The number of rotatable bonds is 5. The van der Waals surface area contributed by atoms with E-state index in [2.05, 4.69) is 10.3 Å². The molecule has 0 aliphatic carbocycles. The second-order valence-corrected chi connectivity index (χ2v) is 8.49. The number of nitrogens with one attached hydrogen (secondary N) is 1. The average Bonchev–Trinajstić information content (AvgIpc) is 3.48. The van der Waals surface area contributed by atoms with Gasteiger partial charge >= 0.3 is 0 Å². The van der Waals surface area contributed by atoms with Gasteiger partial charge in [0, 0.05) is 31.1 Å². The van der Waals surface area contributed by atoms with Gasteiger partial charge in [-0.1, -0.05) is 6.07 Å². The number of anilines is 2. The number of thiazole rings is 1. The van der Waals surface area contributed by atoms with Crippen LogP contribution in [0.1, 0.15) is 24.8 Å². The number of hydrogen-bond donors (Lipinski definition) is 1. The zero-order valence-corrected chi connectivity index (χ0v) is 17.8. The molecular weight excluding hydrogens is 404 g/mol. The van der Waals surface area contributed by atoms with Gasteiger partial charge in [-0.15, -0.1) is 11.3 Å². The summed E-state index contributed by atoms with van der Waals surface area (Å²) in [5, 5.41) is 5.09.